The van der Waals surface area contributed by atoms with Crippen molar-refractivity contribution in [3.05, 3.63) is 28.5 Å². The zero-order chi connectivity index (χ0) is 10.7. The highest BCUT2D eigenvalue weighted by atomic mass is 79.9. The first kappa shape index (κ1) is 11.0. The first-order valence-corrected chi connectivity index (χ1v) is 5.96. The van der Waals surface area contributed by atoms with E-state index >= 15 is 0 Å². The Kier molecular flexibility index (Phi) is 3.36. The predicted molar refractivity (Wildman–Crippen MR) is 61.6 cm³/mol. The summed E-state index contributed by atoms with van der Waals surface area (Å²) in [6.45, 7) is 1.39. The molecule has 82 valence electrons. The first-order valence-electron chi connectivity index (χ1n) is 5.17. The van der Waals surface area contributed by atoms with E-state index in [1.807, 2.05) is 6.07 Å². The van der Waals surface area contributed by atoms with Crippen LogP contribution in [0.1, 0.15) is 18.4 Å². The van der Waals surface area contributed by atoms with Gasteiger partial charge in [0.1, 0.15) is 5.67 Å². The number of nitrogens with zero attached hydrogens (tertiary/aromatic N) is 1. The monoisotopic (exact) mass is 272 g/mol. The van der Waals surface area contributed by atoms with E-state index in [0.717, 1.165) is 23.0 Å². The molecule has 0 amide bonds. The largest absolute Gasteiger partial charge is 0.314 e. The molecule has 0 aliphatic carbocycles. The average molecular weight is 273 g/mol. The Labute approximate surface area is 97.4 Å². The second-order valence-electron chi connectivity index (χ2n) is 4.12. The number of hydrogen-bond acceptors (Lipinski definition) is 2. The number of aromatic nitrogens is 1. The van der Waals surface area contributed by atoms with Crippen LogP contribution >= 0.6 is 15.9 Å². The van der Waals surface area contributed by atoms with Gasteiger partial charge in [-0.3, -0.25) is 4.98 Å². The van der Waals surface area contributed by atoms with Gasteiger partial charge in [0.2, 0.25) is 0 Å². The van der Waals surface area contributed by atoms with E-state index in [1.165, 1.54) is 0 Å². The smallest absolute Gasteiger partial charge is 0.127 e. The van der Waals surface area contributed by atoms with Crippen molar-refractivity contribution < 1.29 is 4.39 Å². The molecule has 1 unspecified atom stereocenters. The van der Waals surface area contributed by atoms with Crippen LogP contribution < -0.4 is 5.32 Å². The second-order valence-corrected chi connectivity index (χ2v) is 5.04. The maximum absolute atomic E-state index is 14.3. The van der Waals surface area contributed by atoms with Crippen molar-refractivity contribution >= 4 is 15.9 Å². The fraction of sp³-hybridized carbons (Fsp3) is 0.545. The third-order valence-corrected chi connectivity index (χ3v) is 3.14. The van der Waals surface area contributed by atoms with Gasteiger partial charge < -0.3 is 5.32 Å². The Bertz CT molecular complexity index is 337. The molecule has 2 heterocycles. The van der Waals surface area contributed by atoms with E-state index in [0.29, 0.717) is 19.4 Å². The molecule has 1 aromatic rings. The van der Waals surface area contributed by atoms with Crippen molar-refractivity contribution in [1.82, 2.24) is 10.3 Å². The highest BCUT2D eigenvalue weighted by Gasteiger charge is 2.31. The zero-order valence-corrected chi connectivity index (χ0v) is 10.1. The minimum atomic E-state index is -1.10. The minimum absolute atomic E-state index is 0.451. The molecule has 1 atom stereocenters. The van der Waals surface area contributed by atoms with Gasteiger partial charge in [0.05, 0.1) is 0 Å². The third kappa shape index (κ3) is 2.98. The molecule has 2 nitrogen and oxygen atoms in total. The molecular weight excluding hydrogens is 259 g/mol. The number of pyridine rings is 1. The summed E-state index contributed by atoms with van der Waals surface area (Å²) in [5.74, 6) is 0. The van der Waals surface area contributed by atoms with Crippen molar-refractivity contribution in [1.29, 1.82) is 0 Å². The summed E-state index contributed by atoms with van der Waals surface area (Å²) in [5, 5.41) is 3.10. The van der Waals surface area contributed by atoms with E-state index in [4.69, 9.17) is 0 Å². The Balaban J connectivity index is 2.06. The van der Waals surface area contributed by atoms with E-state index in [9.17, 15) is 4.39 Å². The number of hydrogen-bond donors (Lipinski definition) is 1. The molecule has 4 heteroatoms. The van der Waals surface area contributed by atoms with E-state index in [2.05, 4.69) is 26.2 Å². The van der Waals surface area contributed by atoms with Crippen LogP contribution in [-0.4, -0.2) is 23.7 Å². The number of halogens is 2. The summed E-state index contributed by atoms with van der Waals surface area (Å²) in [7, 11) is 0. The SMILES string of the molecule is FC1(Cc2cncc(Br)c2)CCCNC1. The molecular formula is C11H14BrFN2. The van der Waals surface area contributed by atoms with Crippen LogP contribution in [0.5, 0.6) is 0 Å². The van der Waals surface area contributed by atoms with Crippen molar-refractivity contribution in [3.8, 4) is 0 Å². The molecule has 0 saturated carbocycles. The topological polar surface area (TPSA) is 24.9 Å². The van der Waals surface area contributed by atoms with Crippen molar-refractivity contribution in [3.63, 3.8) is 0 Å². The van der Waals surface area contributed by atoms with E-state index < -0.39 is 5.67 Å². The maximum atomic E-state index is 14.3. The number of rotatable bonds is 2. The molecule has 0 radical (unpaired) electrons. The van der Waals surface area contributed by atoms with Gasteiger partial charge in [0.25, 0.3) is 0 Å². The number of piperidine rings is 1. The molecule has 0 aromatic carbocycles. The molecule has 1 aliphatic rings. The molecule has 1 saturated heterocycles. The van der Waals surface area contributed by atoms with E-state index in [1.54, 1.807) is 12.4 Å². The van der Waals surface area contributed by atoms with Gasteiger partial charge in [-0.05, 0) is 46.9 Å². The Hall–Kier alpha value is -0.480. The lowest BCUT2D eigenvalue weighted by Gasteiger charge is -2.30. The standard InChI is InChI=1S/C11H14BrFN2/c12-10-4-9(6-15-7-10)5-11(13)2-1-3-14-8-11/h4,6-7,14H,1-3,5,8H2. The van der Waals surface area contributed by atoms with Crippen LogP contribution in [0, 0.1) is 0 Å². The lowest BCUT2D eigenvalue weighted by Crippen LogP contribution is -2.43. The first-order chi connectivity index (χ1) is 7.18. The van der Waals surface area contributed by atoms with Crippen LogP contribution in [0.15, 0.2) is 22.9 Å². The second kappa shape index (κ2) is 4.58. The van der Waals surface area contributed by atoms with Crippen LogP contribution in [-0.2, 0) is 6.42 Å². The Morgan fingerprint density at radius 2 is 2.40 bits per heavy atom. The predicted octanol–water partition coefficient (Wildman–Crippen LogP) is 2.48. The Morgan fingerprint density at radius 3 is 3.07 bits per heavy atom. The van der Waals surface area contributed by atoms with Crippen LogP contribution in [0.25, 0.3) is 0 Å². The third-order valence-electron chi connectivity index (χ3n) is 2.70. The summed E-state index contributed by atoms with van der Waals surface area (Å²) >= 11 is 3.34. The van der Waals surface area contributed by atoms with Crippen LogP contribution in [0.2, 0.25) is 0 Å². The zero-order valence-electron chi connectivity index (χ0n) is 8.47. The molecule has 1 aliphatic heterocycles. The van der Waals surface area contributed by atoms with Gasteiger partial charge in [-0.25, -0.2) is 4.39 Å². The molecule has 1 aromatic heterocycles. The van der Waals surface area contributed by atoms with Gasteiger partial charge in [-0.1, -0.05) is 0 Å². The van der Waals surface area contributed by atoms with Crippen LogP contribution in [0.3, 0.4) is 0 Å². The van der Waals surface area contributed by atoms with Gasteiger partial charge in [-0.15, -0.1) is 0 Å². The Morgan fingerprint density at radius 1 is 1.53 bits per heavy atom. The molecule has 15 heavy (non-hydrogen) atoms. The summed E-state index contributed by atoms with van der Waals surface area (Å²) in [6, 6.07) is 1.93. The highest BCUT2D eigenvalue weighted by Crippen LogP contribution is 2.26. The molecule has 0 spiro atoms. The lowest BCUT2D eigenvalue weighted by atomic mass is 9.90. The lowest BCUT2D eigenvalue weighted by molar-refractivity contribution is 0.122. The number of nitrogens with one attached hydrogen (secondary N) is 1. The highest BCUT2D eigenvalue weighted by molar-refractivity contribution is 9.10. The summed E-state index contributed by atoms with van der Waals surface area (Å²) in [6.07, 6.45) is 5.46. The van der Waals surface area contributed by atoms with Crippen molar-refractivity contribution in [2.75, 3.05) is 13.1 Å². The van der Waals surface area contributed by atoms with Crippen molar-refractivity contribution in [2.45, 2.75) is 24.9 Å². The normalized spacial score (nSPS) is 26.5. The van der Waals surface area contributed by atoms with Gasteiger partial charge >= 0.3 is 0 Å². The minimum Gasteiger partial charge on any atom is -0.314 e. The van der Waals surface area contributed by atoms with Crippen molar-refractivity contribution in [2.24, 2.45) is 0 Å². The molecule has 2 rings (SSSR count). The quantitative estimate of drug-likeness (QED) is 0.895. The maximum Gasteiger partial charge on any atom is 0.127 e. The fourth-order valence-corrected chi connectivity index (χ4v) is 2.41. The molecule has 1 N–H and O–H groups in total. The summed E-state index contributed by atoms with van der Waals surface area (Å²) < 4.78 is 15.2. The molecule has 1 fully saturated rings. The van der Waals surface area contributed by atoms with Crippen LogP contribution in [0.4, 0.5) is 4.39 Å². The fourth-order valence-electron chi connectivity index (χ4n) is 2.00. The number of alkyl halides is 1. The summed E-state index contributed by atoms with van der Waals surface area (Å²) in [4.78, 5) is 4.05. The van der Waals surface area contributed by atoms with Gasteiger partial charge in [-0.2, -0.15) is 0 Å². The van der Waals surface area contributed by atoms with Gasteiger partial charge in [0, 0.05) is 29.8 Å². The molecule has 0 bridgehead atoms. The average Bonchev–Trinajstić information content (AvgIpc) is 2.18. The summed E-state index contributed by atoms with van der Waals surface area (Å²) in [5.41, 5.74) is -0.142. The van der Waals surface area contributed by atoms with E-state index in [-0.39, 0.29) is 0 Å². The van der Waals surface area contributed by atoms with Gasteiger partial charge in [0.15, 0.2) is 0 Å².